The second-order valence-electron chi connectivity index (χ2n) is 5.50. The fourth-order valence-corrected chi connectivity index (χ4v) is 2.66. The third-order valence-corrected chi connectivity index (χ3v) is 3.52. The fourth-order valence-electron chi connectivity index (χ4n) is 2.66. The van der Waals surface area contributed by atoms with Crippen LogP contribution in [0.3, 0.4) is 0 Å². The minimum atomic E-state index is -0.490. The van der Waals surface area contributed by atoms with E-state index in [4.69, 9.17) is 4.74 Å². The summed E-state index contributed by atoms with van der Waals surface area (Å²) in [4.78, 5) is 0. The van der Waals surface area contributed by atoms with Crippen LogP contribution in [0.4, 0.5) is 0 Å². The Labute approximate surface area is 112 Å². The van der Waals surface area contributed by atoms with Crippen LogP contribution in [0.1, 0.15) is 25.0 Å². The summed E-state index contributed by atoms with van der Waals surface area (Å²) in [7, 11) is 0. The van der Waals surface area contributed by atoms with Gasteiger partial charge in [0, 0.05) is 17.7 Å². The number of benzene rings is 2. The summed E-state index contributed by atoms with van der Waals surface area (Å²) in [5, 5.41) is 19.7. The Bertz CT molecular complexity index is 672. The molecule has 19 heavy (non-hydrogen) atoms. The average Bonchev–Trinajstić information content (AvgIpc) is 2.25. The summed E-state index contributed by atoms with van der Waals surface area (Å²) >= 11 is 0. The molecule has 1 heterocycles. The van der Waals surface area contributed by atoms with Gasteiger partial charge in [0.25, 0.3) is 0 Å². The lowest BCUT2D eigenvalue weighted by Crippen LogP contribution is -2.29. The van der Waals surface area contributed by atoms with E-state index < -0.39 is 5.60 Å². The number of phenolic OH excluding ortho intramolecular Hbond substituents is 2. The van der Waals surface area contributed by atoms with E-state index in [2.05, 4.69) is 0 Å². The zero-order valence-corrected chi connectivity index (χ0v) is 11.2. The van der Waals surface area contributed by atoms with Crippen molar-refractivity contribution in [3.05, 3.63) is 41.5 Å². The van der Waals surface area contributed by atoms with Crippen molar-refractivity contribution < 1.29 is 14.9 Å². The molecule has 0 spiro atoms. The molecule has 1 aliphatic heterocycles. The van der Waals surface area contributed by atoms with Gasteiger partial charge >= 0.3 is 0 Å². The lowest BCUT2D eigenvalue weighted by molar-refractivity contribution is 0.105. The van der Waals surface area contributed by atoms with E-state index in [0.717, 1.165) is 16.7 Å². The first-order valence-corrected chi connectivity index (χ1v) is 6.25. The molecule has 2 aromatic carbocycles. The Kier molecular flexibility index (Phi) is 2.30. The van der Waals surface area contributed by atoms with E-state index in [0.29, 0.717) is 11.3 Å². The molecule has 3 heteroatoms. The molecular formula is C16H16O3. The van der Waals surface area contributed by atoms with Gasteiger partial charge in [0.05, 0.1) is 5.56 Å². The van der Waals surface area contributed by atoms with Gasteiger partial charge < -0.3 is 14.9 Å². The molecule has 0 aliphatic carbocycles. The highest BCUT2D eigenvalue weighted by molar-refractivity contribution is 5.82. The van der Waals surface area contributed by atoms with Gasteiger partial charge in [-0.05, 0) is 26.3 Å². The largest absolute Gasteiger partial charge is 0.508 e. The molecule has 3 nitrogen and oxygen atoms in total. The number of hydrogen-bond donors (Lipinski definition) is 2. The minimum absolute atomic E-state index is 0.00292. The van der Waals surface area contributed by atoms with Gasteiger partial charge in [0.2, 0.25) is 0 Å². The Balaban J connectivity index is 2.38. The van der Waals surface area contributed by atoms with Crippen LogP contribution in [0.5, 0.6) is 17.2 Å². The second kappa shape index (κ2) is 3.67. The Morgan fingerprint density at radius 1 is 1.05 bits per heavy atom. The topological polar surface area (TPSA) is 49.7 Å². The summed E-state index contributed by atoms with van der Waals surface area (Å²) in [5.74, 6) is 0.557. The number of fused-ring (bicyclic) bond motifs is 3. The van der Waals surface area contributed by atoms with Gasteiger partial charge in [0.15, 0.2) is 0 Å². The normalized spacial score (nSPS) is 15.3. The molecule has 0 radical (unpaired) electrons. The Morgan fingerprint density at radius 2 is 1.79 bits per heavy atom. The molecule has 0 saturated carbocycles. The molecule has 98 valence electrons. The van der Waals surface area contributed by atoms with Crippen LogP contribution in [0.15, 0.2) is 30.3 Å². The zero-order chi connectivity index (χ0) is 13.8. The summed E-state index contributed by atoms with van der Waals surface area (Å²) in [6.45, 7) is 5.97. The van der Waals surface area contributed by atoms with E-state index in [-0.39, 0.29) is 11.5 Å². The molecule has 0 unspecified atom stereocenters. The third-order valence-electron chi connectivity index (χ3n) is 3.52. The molecule has 1 aliphatic rings. The van der Waals surface area contributed by atoms with E-state index >= 15 is 0 Å². The second-order valence-corrected chi connectivity index (χ2v) is 5.50. The summed E-state index contributed by atoms with van der Waals surface area (Å²) in [6, 6.07) is 8.98. The Morgan fingerprint density at radius 3 is 2.53 bits per heavy atom. The molecular weight excluding hydrogens is 240 g/mol. The lowest BCUT2D eigenvalue weighted by atomic mass is 9.85. The SMILES string of the molecule is Cc1ccc2c(c1)-c1c(O)cc(O)cc1OC2(C)C. The van der Waals surface area contributed by atoms with E-state index in [1.807, 2.05) is 39.0 Å². The van der Waals surface area contributed by atoms with Crippen LogP contribution in [0, 0.1) is 6.92 Å². The highest BCUT2D eigenvalue weighted by Crippen LogP contribution is 2.50. The van der Waals surface area contributed by atoms with Crippen molar-refractivity contribution in [2.75, 3.05) is 0 Å². The van der Waals surface area contributed by atoms with Crippen molar-refractivity contribution in [3.8, 4) is 28.4 Å². The maximum Gasteiger partial charge on any atom is 0.135 e. The van der Waals surface area contributed by atoms with Crippen molar-refractivity contribution in [2.45, 2.75) is 26.4 Å². The number of aromatic hydroxyl groups is 2. The molecule has 0 aromatic heterocycles. The van der Waals surface area contributed by atoms with Gasteiger partial charge in [-0.15, -0.1) is 0 Å². The zero-order valence-electron chi connectivity index (χ0n) is 11.2. The predicted molar refractivity (Wildman–Crippen MR) is 73.6 cm³/mol. The van der Waals surface area contributed by atoms with Gasteiger partial charge in [-0.2, -0.15) is 0 Å². The fraction of sp³-hybridized carbons (Fsp3) is 0.250. The quantitative estimate of drug-likeness (QED) is 0.755. The van der Waals surface area contributed by atoms with E-state index in [1.54, 1.807) is 6.07 Å². The molecule has 0 atom stereocenters. The molecule has 0 fully saturated rings. The standard InChI is InChI=1S/C16H16O3/c1-9-4-5-12-11(6-9)15-13(18)7-10(17)8-14(15)19-16(12,2)3/h4-8,17-18H,1-3H3. The highest BCUT2D eigenvalue weighted by Gasteiger charge is 2.34. The van der Waals surface area contributed by atoms with E-state index in [1.165, 1.54) is 6.07 Å². The van der Waals surface area contributed by atoms with Gasteiger partial charge in [-0.3, -0.25) is 0 Å². The van der Waals surface area contributed by atoms with E-state index in [9.17, 15) is 10.2 Å². The number of phenols is 2. The number of ether oxygens (including phenoxy) is 1. The van der Waals surface area contributed by atoms with Crippen LogP contribution in [-0.2, 0) is 5.60 Å². The number of hydrogen-bond acceptors (Lipinski definition) is 3. The predicted octanol–water partition coefficient (Wildman–Crippen LogP) is 3.70. The van der Waals surface area contributed by atoms with Crippen LogP contribution in [0.2, 0.25) is 0 Å². The molecule has 3 rings (SSSR count). The first-order chi connectivity index (χ1) is 8.88. The van der Waals surface area contributed by atoms with Crippen molar-refractivity contribution in [1.29, 1.82) is 0 Å². The maximum atomic E-state index is 10.1. The van der Waals surface area contributed by atoms with Gasteiger partial charge in [0.1, 0.15) is 22.8 Å². The summed E-state index contributed by atoms with van der Waals surface area (Å²) in [6.07, 6.45) is 0. The molecule has 0 saturated heterocycles. The lowest BCUT2D eigenvalue weighted by Gasteiger charge is -2.35. The Hall–Kier alpha value is -2.16. The molecule has 0 bridgehead atoms. The molecule has 0 amide bonds. The highest BCUT2D eigenvalue weighted by atomic mass is 16.5. The summed E-state index contributed by atoms with van der Waals surface area (Å²) < 4.78 is 5.93. The monoisotopic (exact) mass is 256 g/mol. The van der Waals surface area contributed by atoms with Crippen molar-refractivity contribution in [3.63, 3.8) is 0 Å². The van der Waals surface area contributed by atoms with Gasteiger partial charge in [-0.25, -0.2) is 0 Å². The summed E-state index contributed by atoms with van der Waals surface area (Å²) in [5.41, 5.74) is 3.28. The maximum absolute atomic E-state index is 10.1. The minimum Gasteiger partial charge on any atom is -0.508 e. The van der Waals surface area contributed by atoms with Crippen molar-refractivity contribution >= 4 is 0 Å². The number of rotatable bonds is 0. The third kappa shape index (κ3) is 1.73. The van der Waals surface area contributed by atoms with Crippen molar-refractivity contribution in [1.82, 2.24) is 0 Å². The average molecular weight is 256 g/mol. The first-order valence-electron chi connectivity index (χ1n) is 6.25. The van der Waals surface area contributed by atoms with Gasteiger partial charge in [-0.1, -0.05) is 23.8 Å². The van der Waals surface area contributed by atoms with Crippen molar-refractivity contribution in [2.24, 2.45) is 0 Å². The van der Waals surface area contributed by atoms with Crippen LogP contribution in [0.25, 0.3) is 11.1 Å². The first kappa shape index (κ1) is 11.9. The van der Waals surface area contributed by atoms with Crippen LogP contribution >= 0.6 is 0 Å². The van der Waals surface area contributed by atoms with Crippen LogP contribution in [-0.4, -0.2) is 10.2 Å². The van der Waals surface area contributed by atoms with Crippen LogP contribution < -0.4 is 4.74 Å². The smallest absolute Gasteiger partial charge is 0.135 e. The number of aryl methyl sites for hydroxylation is 1. The molecule has 2 N–H and O–H groups in total. The molecule has 2 aromatic rings.